The molecule has 0 aromatic carbocycles. The maximum Gasteiger partial charge on any atom is 0.315 e. The second-order valence-electron chi connectivity index (χ2n) is 6.46. The van der Waals surface area contributed by atoms with Crippen LogP contribution in [0.3, 0.4) is 0 Å². The molecule has 2 heterocycles. The van der Waals surface area contributed by atoms with E-state index in [1.807, 2.05) is 4.90 Å². The highest BCUT2D eigenvalue weighted by Crippen LogP contribution is 2.35. The van der Waals surface area contributed by atoms with Gasteiger partial charge in [-0.15, -0.1) is 0 Å². The highest BCUT2D eigenvalue weighted by molar-refractivity contribution is 5.84. The Bertz CT molecular complexity index is 523. The molecule has 126 valence electrons. The van der Waals surface area contributed by atoms with E-state index in [2.05, 4.69) is 10.6 Å². The van der Waals surface area contributed by atoms with Crippen molar-refractivity contribution in [2.45, 2.75) is 51.1 Å². The highest BCUT2D eigenvalue weighted by Gasteiger charge is 2.35. The molecule has 1 atom stereocenters. The molecule has 6 nitrogen and oxygen atoms in total. The zero-order valence-electron chi connectivity index (χ0n) is 13.4. The molecule has 3 rings (SSSR count). The van der Waals surface area contributed by atoms with E-state index in [0.29, 0.717) is 24.3 Å². The number of hydrogen-bond donors (Lipinski definition) is 2. The largest absolute Gasteiger partial charge is 0.467 e. The van der Waals surface area contributed by atoms with Crippen molar-refractivity contribution in [2.75, 3.05) is 13.1 Å². The normalized spacial score (nSPS) is 21.6. The lowest BCUT2D eigenvalue weighted by molar-refractivity contribution is -0.131. The number of nitrogens with zero attached hydrogens (tertiary/aromatic N) is 1. The van der Waals surface area contributed by atoms with Crippen molar-refractivity contribution >= 4 is 11.9 Å². The maximum absolute atomic E-state index is 12.4. The average Bonchev–Trinajstić information content (AvgIpc) is 3.31. The lowest BCUT2D eigenvalue weighted by Gasteiger charge is -2.29. The van der Waals surface area contributed by atoms with E-state index in [0.717, 1.165) is 19.4 Å². The van der Waals surface area contributed by atoms with Crippen molar-refractivity contribution in [1.29, 1.82) is 0 Å². The number of carbonyl (C=O) groups is 2. The molecule has 6 heteroatoms. The van der Waals surface area contributed by atoms with Gasteiger partial charge in [0.25, 0.3) is 0 Å². The molecular weight excluding hydrogens is 294 g/mol. The first-order valence-corrected chi connectivity index (χ1v) is 8.57. The molecule has 1 aliphatic carbocycles. The third-order valence-corrected chi connectivity index (χ3v) is 4.97. The van der Waals surface area contributed by atoms with E-state index in [-0.39, 0.29) is 18.5 Å². The van der Waals surface area contributed by atoms with E-state index >= 15 is 0 Å². The molecule has 1 saturated heterocycles. The first-order chi connectivity index (χ1) is 11.2. The number of amides is 3. The smallest absolute Gasteiger partial charge is 0.315 e. The van der Waals surface area contributed by atoms with Crippen LogP contribution < -0.4 is 10.6 Å². The van der Waals surface area contributed by atoms with E-state index in [4.69, 9.17) is 4.42 Å². The number of rotatable bonds is 5. The number of hydrogen-bond acceptors (Lipinski definition) is 3. The summed E-state index contributed by atoms with van der Waals surface area (Å²) in [6.45, 7) is 1.21. The van der Waals surface area contributed by atoms with Crippen LogP contribution in [0.5, 0.6) is 0 Å². The summed E-state index contributed by atoms with van der Waals surface area (Å²) < 4.78 is 5.14. The third-order valence-electron chi connectivity index (χ3n) is 4.97. The van der Waals surface area contributed by atoms with Crippen molar-refractivity contribution in [3.63, 3.8) is 0 Å². The molecule has 23 heavy (non-hydrogen) atoms. The Morgan fingerprint density at radius 1 is 1.17 bits per heavy atom. The fraction of sp³-hybridized carbons (Fsp3) is 0.647. The molecule has 1 aromatic heterocycles. The highest BCUT2D eigenvalue weighted by atomic mass is 16.3. The third kappa shape index (κ3) is 4.06. The van der Waals surface area contributed by atoms with Crippen LogP contribution >= 0.6 is 0 Å². The molecule has 2 aliphatic rings. The van der Waals surface area contributed by atoms with Gasteiger partial charge in [-0.05, 0) is 43.7 Å². The van der Waals surface area contributed by atoms with E-state index < -0.39 is 0 Å². The fourth-order valence-corrected chi connectivity index (χ4v) is 3.83. The zero-order chi connectivity index (χ0) is 16.1. The lowest BCUT2D eigenvalue weighted by atomic mass is 9.96. The van der Waals surface area contributed by atoms with Crippen LogP contribution in [0.25, 0.3) is 0 Å². The molecule has 0 spiro atoms. The molecule has 3 amide bonds. The summed E-state index contributed by atoms with van der Waals surface area (Å²) in [6, 6.07) is 3.61. The number of urea groups is 1. The number of carbonyl (C=O) groups excluding carboxylic acids is 2. The first-order valence-electron chi connectivity index (χ1n) is 8.57. The van der Waals surface area contributed by atoms with Crippen molar-refractivity contribution in [3.05, 3.63) is 24.2 Å². The SMILES string of the molecule is O=C(NCC(=O)N1CCCC1C1CCCC1)NCc1ccco1. The van der Waals surface area contributed by atoms with Gasteiger partial charge in [-0.25, -0.2) is 4.79 Å². The van der Waals surface area contributed by atoms with Crippen LogP contribution in [-0.2, 0) is 11.3 Å². The number of furan rings is 1. The van der Waals surface area contributed by atoms with Crippen molar-refractivity contribution in [3.8, 4) is 0 Å². The van der Waals surface area contributed by atoms with Crippen LogP contribution in [0.4, 0.5) is 4.79 Å². The van der Waals surface area contributed by atoms with Gasteiger partial charge in [0.05, 0.1) is 19.4 Å². The van der Waals surface area contributed by atoms with Gasteiger partial charge in [0, 0.05) is 12.6 Å². The van der Waals surface area contributed by atoms with Gasteiger partial charge in [0.2, 0.25) is 5.91 Å². The molecule has 1 aliphatic heterocycles. The maximum atomic E-state index is 12.4. The van der Waals surface area contributed by atoms with Gasteiger partial charge in [0.15, 0.2) is 0 Å². The first kappa shape index (κ1) is 15.9. The monoisotopic (exact) mass is 319 g/mol. The second kappa shape index (κ2) is 7.53. The topological polar surface area (TPSA) is 74.6 Å². The van der Waals surface area contributed by atoms with Crippen LogP contribution in [0.15, 0.2) is 22.8 Å². The molecule has 1 saturated carbocycles. The van der Waals surface area contributed by atoms with Crippen LogP contribution in [0, 0.1) is 5.92 Å². The predicted octanol–water partition coefficient (Wildman–Crippen LogP) is 2.26. The van der Waals surface area contributed by atoms with E-state index in [1.54, 1.807) is 18.4 Å². The molecule has 2 N–H and O–H groups in total. The van der Waals surface area contributed by atoms with Crippen molar-refractivity contribution in [1.82, 2.24) is 15.5 Å². The number of likely N-dealkylation sites (tertiary alicyclic amines) is 1. The second-order valence-corrected chi connectivity index (χ2v) is 6.46. The quantitative estimate of drug-likeness (QED) is 0.874. The summed E-state index contributed by atoms with van der Waals surface area (Å²) in [5.41, 5.74) is 0. The van der Waals surface area contributed by atoms with Gasteiger partial charge in [-0.1, -0.05) is 12.8 Å². The fourth-order valence-electron chi connectivity index (χ4n) is 3.83. The van der Waals surface area contributed by atoms with Gasteiger partial charge in [-0.3, -0.25) is 4.79 Å². The molecule has 1 aromatic rings. The Kier molecular flexibility index (Phi) is 5.20. The summed E-state index contributed by atoms with van der Waals surface area (Å²) in [7, 11) is 0. The minimum absolute atomic E-state index is 0.0348. The van der Waals surface area contributed by atoms with Crippen molar-refractivity contribution in [2.24, 2.45) is 5.92 Å². The van der Waals surface area contributed by atoms with Gasteiger partial charge >= 0.3 is 6.03 Å². The van der Waals surface area contributed by atoms with E-state index in [9.17, 15) is 9.59 Å². The minimum Gasteiger partial charge on any atom is -0.467 e. The summed E-state index contributed by atoms with van der Waals surface area (Å²) in [5.74, 6) is 1.38. The Labute approximate surface area is 136 Å². The Morgan fingerprint density at radius 2 is 2.00 bits per heavy atom. The Morgan fingerprint density at radius 3 is 2.74 bits per heavy atom. The minimum atomic E-state index is -0.341. The summed E-state index contributed by atoms with van der Waals surface area (Å²) >= 11 is 0. The van der Waals surface area contributed by atoms with Gasteiger partial charge < -0.3 is 20.0 Å². The molecule has 0 radical (unpaired) electrons. The summed E-state index contributed by atoms with van der Waals surface area (Å²) in [6.07, 6.45) is 8.82. The summed E-state index contributed by atoms with van der Waals surface area (Å²) in [5, 5.41) is 5.33. The van der Waals surface area contributed by atoms with Crippen LogP contribution in [-0.4, -0.2) is 36.0 Å². The molecule has 2 fully saturated rings. The van der Waals surface area contributed by atoms with Crippen LogP contribution in [0.2, 0.25) is 0 Å². The standard InChI is InChI=1S/C17H25N3O3/c21-16(12-19-17(22)18-11-14-7-4-10-23-14)20-9-3-8-15(20)13-5-1-2-6-13/h4,7,10,13,15H,1-3,5-6,8-9,11-12H2,(H2,18,19,22). The van der Waals surface area contributed by atoms with E-state index in [1.165, 1.54) is 25.7 Å². The Balaban J connectivity index is 1.42. The average molecular weight is 319 g/mol. The zero-order valence-corrected chi connectivity index (χ0v) is 13.4. The lowest BCUT2D eigenvalue weighted by Crippen LogP contribution is -2.46. The molecular formula is C17H25N3O3. The van der Waals surface area contributed by atoms with Gasteiger partial charge in [-0.2, -0.15) is 0 Å². The molecule has 1 unspecified atom stereocenters. The molecule has 0 bridgehead atoms. The predicted molar refractivity (Wildman–Crippen MR) is 85.6 cm³/mol. The van der Waals surface area contributed by atoms with Crippen LogP contribution in [0.1, 0.15) is 44.3 Å². The van der Waals surface area contributed by atoms with Gasteiger partial charge in [0.1, 0.15) is 5.76 Å². The van der Waals surface area contributed by atoms with Crippen molar-refractivity contribution < 1.29 is 14.0 Å². The number of nitrogens with one attached hydrogen (secondary N) is 2. The summed E-state index contributed by atoms with van der Waals surface area (Å²) in [4.78, 5) is 26.2. The Hall–Kier alpha value is -1.98.